The monoisotopic (exact) mass is 262 g/mol. The van der Waals surface area contributed by atoms with Gasteiger partial charge in [0.05, 0.1) is 7.11 Å². The number of benzene rings is 1. The minimum absolute atomic E-state index is 0.725. The molecular weight excluding hydrogens is 236 g/mol. The lowest BCUT2D eigenvalue weighted by molar-refractivity contribution is 0.0963. The number of nitrogens with zero attached hydrogens (tertiary/aromatic N) is 2. The molecule has 0 unspecified atom stereocenters. The van der Waals surface area contributed by atoms with Crippen molar-refractivity contribution in [1.29, 1.82) is 0 Å². The SMILES string of the molecule is CC[C@H](C)N1CCN(Cc2ccc(OC)cc2)CC1. The molecule has 0 aromatic heterocycles. The summed E-state index contributed by atoms with van der Waals surface area (Å²) < 4.78 is 5.19. The highest BCUT2D eigenvalue weighted by atomic mass is 16.5. The van der Waals surface area contributed by atoms with Crippen molar-refractivity contribution in [3.05, 3.63) is 29.8 Å². The van der Waals surface area contributed by atoms with E-state index in [1.165, 1.54) is 38.2 Å². The van der Waals surface area contributed by atoms with Gasteiger partial charge < -0.3 is 4.74 Å². The van der Waals surface area contributed by atoms with Crippen molar-refractivity contribution >= 4 is 0 Å². The molecule has 1 aliphatic rings. The number of hydrogen-bond donors (Lipinski definition) is 0. The lowest BCUT2D eigenvalue weighted by atomic mass is 10.1. The average molecular weight is 262 g/mol. The van der Waals surface area contributed by atoms with E-state index in [0.717, 1.165) is 18.3 Å². The lowest BCUT2D eigenvalue weighted by Crippen LogP contribution is -2.48. The van der Waals surface area contributed by atoms with Crippen LogP contribution in [0.2, 0.25) is 0 Å². The van der Waals surface area contributed by atoms with Gasteiger partial charge in [0.15, 0.2) is 0 Å². The molecule has 1 atom stereocenters. The van der Waals surface area contributed by atoms with Crippen LogP contribution in [0.1, 0.15) is 25.8 Å². The van der Waals surface area contributed by atoms with Crippen LogP contribution in [-0.2, 0) is 6.54 Å². The predicted octanol–water partition coefficient (Wildman–Crippen LogP) is 2.61. The first kappa shape index (κ1) is 14.4. The second-order valence-electron chi connectivity index (χ2n) is 5.42. The smallest absolute Gasteiger partial charge is 0.118 e. The number of rotatable bonds is 5. The first-order valence-electron chi connectivity index (χ1n) is 7.32. The second kappa shape index (κ2) is 6.92. The van der Waals surface area contributed by atoms with Gasteiger partial charge in [-0.3, -0.25) is 9.80 Å². The maximum absolute atomic E-state index is 5.19. The standard InChI is InChI=1S/C16H26N2O/c1-4-14(2)18-11-9-17(10-12-18)13-15-5-7-16(19-3)8-6-15/h5-8,14H,4,9-13H2,1-3H3/t14-/m0/s1. The summed E-state index contributed by atoms with van der Waals surface area (Å²) in [5.41, 5.74) is 1.37. The molecule has 106 valence electrons. The highest BCUT2D eigenvalue weighted by molar-refractivity contribution is 5.27. The van der Waals surface area contributed by atoms with Crippen molar-refractivity contribution in [3.8, 4) is 5.75 Å². The van der Waals surface area contributed by atoms with Gasteiger partial charge in [0.1, 0.15) is 5.75 Å². The van der Waals surface area contributed by atoms with Gasteiger partial charge in [0.2, 0.25) is 0 Å². The fourth-order valence-electron chi connectivity index (χ4n) is 2.61. The van der Waals surface area contributed by atoms with Crippen molar-refractivity contribution in [2.45, 2.75) is 32.9 Å². The molecule has 0 bridgehead atoms. The van der Waals surface area contributed by atoms with E-state index in [4.69, 9.17) is 4.74 Å². The van der Waals surface area contributed by atoms with Gasteiger partial charge in [-0.1, -0.05) is 19.1 Å². The van der Waals surface area contributed by atoms with E-state index in [1.54, 1.807) is 7.11 Å². The van der Waals surface area contributed by atoms with Crippen LogP contribution >= 0.6 is 0 Å². The third-order valence-electron chi connectivity index (χ3n) is 4.19. The van der Waals surface area contributed by atoms with Crippen molar-refractivity contribution < 1.29 is 4.74 Å². The molecule has 1 aliphatic heterocycles. The van der Waals surface area contributed by atoms with Gasteiger partial charge >= 0.3 is 0 Å². The molecule has 1 fully saturated rings. The molecule has 0 aliphatic carbocycles. The maximum atomic E-state index is 5.19. The quantitative estimate of drug-likeness (QED) is 0.811. The molecule has 3 nitrogen and oxygen atoms in total. The largest absolute Gasteiger partial charge is 0.497 e. The molecule has 2 rings (SSSR count). The molecule has 1 aromatic carbocycles. The average Bonchev–Trinajstić information content (AvgIpc) is 2.48. The minimum Gasteiger partial charge on any atom is -0.497 e. The minimum atomic E-state index is 0.725. The van der Waals surface area contributed by atoms with Crippen LogP contribution in [0, 0.1) is 0 Å². The Balaban J connectivity index is 1.81. The topological polar surface area (TPSA) is 15.7 Å². The summed E-state index contributed by atoms with van der Waals surface area (Å²) in [7, 11) is 1.71. The summed E-state index contributed by atoms with van der Waals surface area (Å²) >= 11 is 0. The van der Waals surface area contributed by atoms with E-state index < -0.39 is 0 Å². The van der Waals surface area contributed by atoms with Crippen molar-refractivity contribution in [2.75, 3.05) is 33.3 Å². The molecule has 1 aromatic rings. The van der Waals surface area contributed by atoms with Gasteiger partial charge in [-0.05, 0) is 31.0 Å². The molecule has 1 saturated heterocycles. The van der Waals surface area contributed by atoms with E-state index in [1.807, 2.05) is 12.1 Å². The van der Waals surface area contributed by atoms with Crippen LogP contribution in [0.5, 0.6) is 5.75 Å². The Morgan fingerprint density at radius 1 is 1.11 bits per heavy atom. The number of methoxy groups -OCH3 is 1. The summed E-state index contributed by atoms with van der Waals surface area (Å²) in [5.74, 6) is 0.935. The maximum Gasteiger partial charge on any atom is 0.118 e. The Morgan fingerprint density at radius 2 is 1.74 bits per heavy atom. The zero-order valence-corrected chi connectivity index (χ0v) is 12.4. The van der Waals surface area contributed by atoms with Crippen molar-refractivity contribution in [2.24, 2.45) is 0 Å². The highest BCUT2D eigenvalue weighted by Crippen LogP contribution is 2.15. The fourth-order valence-corrected chi connectivity index (χ4v) is 2.61. The second-order valence-corrected chi connectivity index (χ2v) is 5.42. The Hall–Kier alpha value is -1.06. The van der Waals surface area contributed by atoms with Crippen LogP contribution in [0.3, 0.4) is 0 Å². The third kappa shape index (κ3) is 3.95. The van der Waals surface area contributed by atoms with Gasteiger partial charge in [0.25, 0.3) is 0 Å². The normalized spacial score (nSPS) is 19.3. The van der Waals surface area contributed by atoms with Crippen LogP contribution in [0.25, 0.3) is 0 Å². The van der Waals surface area contributed by atoms with Crippen LogP contribution in [-0.4, -0.2) is 49.1 Å². The highest BCUT2D eigenvalue weighted by Gasteiger charge is 2.19. The summed E-state index contributed by atoms with van der Waals surface area (Å²) in [6.07, 6.45) is 1.25. The molecule has 0 radical (unpaired) electrons. The molecule has 0 amide bonds. The summed E-state index contributed by atoms with van der Waals surface area (Å²) in [6.45, 7) is 10.4. The predicted molar refractivity (Wildman–Crippen MR) is 79.6 cm³/mol. The summed E-state index contributed by atoms with van der Waals surface area (Å²) in [5, 5.41) is 0. The number of ether oxygens (including phenoxy) is 1. The van der Waals surface area contributed by atoms with Crippen molar-refractivity contribution in [3.63, 3.8) is 0 Å². The van der Waals surface area contributed by atoms with E-state index in [0.29, 0.717) is 0 Å². The molecule has 0 N–H and O–H groups in total. The van der Waals surface area contributed by atoms with Gasteiger partial charge in [-0.25, -0.2) is 0 Å². The Labute approximate surface area is 117 Å². The number of piperazine rings is 1. The molecule has 0 saturated carbocycles. The van der Waals surface area contributed by atoms with E-state index in [2.05, 4.69) is 35.8 Å². The van der Waals surface area contributed by atoms with Gasteiger partial charge in [0, 0.05) is 38.8 Å². The van der Waals surface area contributed by atoms with E-state index in [-0.39, 0.29) is 0 Å². The fraction of sp³-hybridized carbons (Fsp3) is 0.625. The van der Waals surface area contributed by atoms with Crippen LogP contribution in [0.15, 0.2) is 24.3 Å². The zero-order chi connectivity index (χ0) is 13.7. The molecule has 3 heteroatoms. The van der Waals surface area contributed by atoms with Crippen LogP contribution < -0.4 is 4.74 Å². The first-order valence-corrected chi connectivity index (χ1v) is 7.32. The number of hydrogen-bond acceptors (Lipinski definition) is 3. The van der Waals surface area contributed by atoms with E-state index >= 15 is 0 Å². The van der Waals surface area contributed by atoms with Crippen LogP contribution in [0.4, 0.5) is 0 Å². The Kier molecular flexibility index (Phi) is 5.23. The van der Waals surface area contributed by atoms with E-state index in [9.17, 15) is 0 Å². The van der Waals surface area contributed by atoms with Crippen molar-refractivity contribution in [1.82, 2.24) is 9.80 Å². The summed E-state index contributed by atoms with van der Waals surface area (Å²) in [6, 6.07) is 9.15. The first-order chi connectivity index (χ1) is 9.22. The third-order valence-corrected chi connectivity index (χ3v) is 4.19. The van der Waals surface area contributed by atoms with Gasteiger partial charge in [-0.15, -0.1) is 0 Å². The molecule has 19 heavy (non-hydrogen) atoms. The molecule has 1 heterocycles. The van der Waals surface area contributed by atoms with Gasteiger partial charge in [-0.2, -0.15) is 0 Å². The molecular formula is C16H26N2O. The molecule has 0 spiro atoms. The lowest BCUT2D eigenvalue weighted by Gasteiger charge is -2.37. The Morgan fingerprint density at radius 3 is 2.26 bits per heavy atom. The Bertz CT molecular complexity index is 369. The zero-order valence-electron chi connectivity index (χ0n) is 12.4. The summed E-state index contributed by atoms with van der Waals surface area (Å²) in [4.78, 5) is 5.14.